The van der Waals surface area contributed by atoms with Gasteiger partial charge in [0, 0.05) is 5.92 Å². The molecule has 1 aliphatic rings. The summed E-state index contributed by atoms with van der Waals surface area (Å²) in [4.78, 5) is 5.99. The number of hydroxylamine groups is 1. The summed E-state index contributed by atoms with van der Waals surface area (Å²) in [5.41, 5.74) is 2.18. The average Bonchev–Trinajstić information content (AvgIpc) is 2.85. The summed E-state index contributed by atoms with van der Waals surface area (Å²) in [5.74, 6) is 0.0672. The zero-order chi connectivity index (χ0) is 13.9. The normalized spacial score (nSPS) is 25.9. The number of hydrogen-bond acceptors (Lipinski definition) is 3. The fourth-order valence-electron chi connectivity index (χ4n) is 2.83. The molecule has 3 atom stereocenters. The van der Waals surface area contributed by atoms with Gasteiger partial charge >= 0.3 is 0 Å². The zero-order valence-corrected chi connectivity index (χ0v) is 11.5. The summed E-state index contributed by atoms with van der Waals surface area (Å²) in [5, 5.41) is 11.7. The van der Waals surface area contributed by atoms with E-state index >= 15 is 0 Å². The van der Waals surface area contributed by atoms with Gasteiger partial charge in [-0.2, -0.15) is 0 Å². The molecule has 0 spiro atoms. The van der Waals surface area contributed by atoms with Crippen LogP contribution in [0.15, 0.2) is 60.7 Å². The minimum Gasteiger partial charge on any atom is -0.396 e. The number of hydrogen-bond donors (Lipinski definition) is 1. The summed E-state index contributed by atoms with van der Waals surface area (Å²) in [6.07, 6.45) is -0.00888. The SMILES string of the molecule is C[C@@H]1ON(c2ccccc2)[C@H](c2ccccc2)[C@H]1CO. The van der Waals surface area contributed by atoms with Gasteiger partial charge in [-0.25, -0.2) is 5.06 Å². The lowest BCUT2D eigenvalue weighted by atomic mass is 9.90. The number of nitrogens with zero attached hydrogens (tertiary/aromatic N) is 1. The van der Waals surface area contributed by atoms with Gasteiger partial charge in [0.1, 0.15) is 0 Å². The molecule has 3 heteroatoms. The van der Waals surface area contributed by atoms with E-state index in [2.05, 4.69) is 12.1 Å². The second-order valence-corrected chi connectivity index (χ2v) is 5.17. The molecule has 0 radical (unpaired) electrons. The lowest BCUT2D eigenvalue weighted by molar-refractivity contribution is 0.0695. The van der Waals surface area contributed by atoms with Crippen LogP contribution in [0.2, 0.25) is 0 Å². The van der Waals surface area contributed by atoms with Crippen LogP contribution in [0.1, 0.15) is 18.5 Å². The van der Waals surface area contributed by atoms with Gasteiger partial charge in [-0.05, 0) is 24.6 Å². The van der Waals surface area contributed by atoms with Crippen LogP contribution in [-0.2, 0) is 4.84 Å². The molecule has 1 fully saturated rings. The van der Waals surface area contributed by atoms with Crippen LogP contribution >= 0.6 is 0 Å². The largest absolute Gasteiger partial charge is 0.396 e. The molecule has 0 amide bonds. The third kappa shape index (κ3) is 2.30. The van der Waals surface area contributed by atoms with E-state index in [0.717, 1.165) is 5.69 Å². The maximum absolute atomic E-state index is 9.73. The lowest BCUT2D eigenvalue weighted by Gasteiger charge is -2.27. The van der Waals surface area contributed by atoms with Crippen LogP contribution in [0, 0.1) is 5.92 Å². The molecule has 20 heavy (non-hydrogen) atoms. The molecule has 3 nitrogen and oxygen atoms in total. The highest BCUT2D eigenvalue weighted by Gasteiger charge is 2.41. The van der Waals surface area contributed by atoms with E-state index in [0.29, 0.717) is 0 Å². The molecule has 0 unspecified atom stereocenters. The van der Waals surface area contributed by atoms with E-state index < -0.39 is 0 Å². The van der Waals surface area contributed by atoms with E-state index in [4.69, 9.17) is 4.84 Å². The fourth-order valence-corrected chi connectivity index (χ4v) is 2.83. The summed E-state index contributed by atoms with van der Waals surface area (Å²) >= 11 is 0. The first-order valence-corrected chi connectivity index (χ1v) is 6.98. The molecule has 1 aliphatic heterocycles. The number of aliphatic hydroxyl groups is 1. The summed E-state index contributed by atoms with van der Waals surface area (Å²) in [7, 11) is 0. The van der Waals surface area contributed by atoms with E-state index in [1.165, 1.54) is 5.56 Å². The molecule has 104 valence electrons. The van der Waals surface area contributed by atoms with Gasteiger partial charge in [-0.15, -0.1) is 0 Å². The number of aliphatic hydroxyl groups excluding tert-OH is 1. The third-order valence-corrected chi connectivity index (χ3v) is 3.90. The van der Waals surface area contributed by atoms with Gasteiger partial charge in [0.25, 0.3) is 0 Å². The van der Waals surface area contributed by atoms with Crippen molar-refractivity contribution in [2.75, 3.05) is 11.7 Å². The van der Waals surface area contributed by atoms with Crippen molar-refractivity contribution in [3.63, 3.8) is 0 Å². The van der Waals surface area contributed by atoms with Crippen molar-refractivity contribution >= 4 is 5.69 Å². The highest BCUT2D eigenvalue weighted by Crippen LogP contribution is 2.41. The Labute approximate surface area is 119 Å². The Balaban J connectivity index is 2.00. The number of para-hydroxylation sites is 1. The summed E-state index contributed by atoms with van der Waals surface area (Å²) < 4.78 is 0. The molecular weight excluding hydrogens is 250 g/mol. The van der Waals surface area contributed by atoms with Crippen molar-refractivity contribution in [1.82, 2.24) is 0 Å². The molecule has 2 aromatic rings. The average molecular weight is 269 g/mol. The molecule has 0 aliphatic carbocycles. The Morgan fingerprint density at radius 2 is 1.60 bits per heavy atom. The van der Waals surface area contributed by atoms with Gasteiger partial charge in [0.05, 0.1) is 24.4 Å². The first-order valence-electron chi connectivity index (χ1n) is 6.98. The minimum absolute atomic E-state index is 0.00888. The highest BCUT2D eigenvalue weighted by molar-refractivity contribution is 5.47. The van der Waals surface area contributed by atoms with Crippen LogP contribution in [-0.4, -0.2) is 17.8 Å². The van der Waals surface area contributed by atoms with Crippen molar-refractivity contribution < 1.29 is 9.94 Å². The van der Waals surface area contributed by atoms with Crippen molar-refractivity contribution in [2.24, 2.45) is 5.92 Å². The number of benzene rings is 2. The first-order chi connectivity index (χ1) is 9.81. The predicted molar refractivity (Wildman–Crippen MR) is 79.2 cm³/mol. The maximum atomic E-state index is 9.73. The summed E-state index contributed by atoms with van der Waals surface area (Å²) in [6.45, 7) is 2.13. The third-order valence-electron chi connectivity index (χ3n) is 3.90. The van der Waals surface area contributed by atoms with Crippen LogP contribution in [0.4, 0.5) is 5.69 Å². The Bertz CT molecular complexity index is 543. The van der Waals surface area contributed by atoms with Crippen LogP contribution in [0.25, 0.3) is 0 Å². The van der Waals surface area contributed by atoms with Crippen molar-refractivity contribution in [3.05, 3.63) is 66.2 Å². The molecule has 0 bridgehead atoms. The van der Waals surface area contributed by atoms with Crippen molar-refractivity contribution in [2.45, 2.75) is 19.1 Å². The Morgan fingerprint density at radius 3 is 2.20 bits per heavy atom. The maximum Gasteiger partial charge on any atom is 0.0902 e. The number of rotatable bonds is 3. The number of anilines is 1. The molecular formula is C17H19NO2. The van der Waals surface area contributed by atoms with Crippen LogP contribution in [0.3, 0.4) is 0 Å². The van der Waals surface area contributed by atoms with Crippen LogP contribution < -0.4 is 5.06 Å². The van der Waals surface area contributed by atoms with Gasteiger partial charge < -0.3 is 5.11 Å². The molecule has 2 aromatic carbocycles. The monoisotopic (exact) mass is 269 g/mol. The second-order valence-electron chi connectivity index (χ2n) is 5.17. The van der Waals surface area contributed by atoms with Crippen molar-refractivity contribution in [1.29, 1.82) is 0 Å². The van der Waals surface area contributed by atoms with E-state index in [-0.39, 0.29) is 24.7 Å². The Hall–Kier alpha value is -1.84. The van der Waals surface area contributed by atoms with E-state index in [1.54, 1.807) is 0 Å². The Morgan fingerprint density at radius 1 is 1.00 bits per heavy atom. The molecule has 0 saturated carbocycles. The quantitative estimate of drug-likeness (QED) is 0.929. The van der Waals surface area contributed by atoms with Gasteiger partial charge in [-0.1, -0.05) is 48.5 Å². The standard InChI is InChI=1S/C17H19NO2/c1-13-16(12-19)17(14-8-4-2-5-9-14)18(20-13)15-10-6-3-7-11-15/h2-11,13,16-17,19H,12H2,1H3/t13-,16-,17+/m0/s1. The molecule has 1 saturated heterocycles. The molecule has 3 rings (SSSR count). The van der Waals surface area contributed by atoms with E-state index in [9.17, 15) is 5.11 Å². The molecule has 1 N–H and O–H groups in total. The molecule has 0 aromatic heterocycles. The lowest BCUT2D eigenvalue weighted by Crippen LogP contribution is -2.25. The van der Waals surface area contributed by atoms with Crippen molar-refractivity contribution in [3.8, 4) is 0 Å². The zero-order valence-electron chi connectivity index (χ0n) is 11.5. The Kier molecular flexibility index (Phi) is 3.72. The summed E-state index contributed by atoms with van der Waals surface area (Å²) in [6, 6.07) is 20.3. The molecule has 1 heterocycles. The van der Waals surface area contributed by atoms with Gasteiger partial charge in [0.2, 0.25) is 0 Å². The van der Waals surface area contributed by atoms with Crippen LogP contribution in [0.5, 0.6) is 0 Å². The van der Waals surface area contributed by atoms with Gasteiger partial charge in [-0.3, -0.25) is 4.84 Å². The second kappa shape index (κ2) is 5.65. The first kappa shape index (κ1) is 13.2. The van der Waals surface area contributed by atoms with Gasteiger partial charge in [0.15, 0.2) is 0 Å². The minimum atomic E-state index is -0.00888. The van der Waals surface area contributed by atoms with E-state index in [1.807, 2.05) is 60.5 Å². The fraction of sp³-hybridized carbons (Fsp3) is 0.294. The highest BCUT2D eigenvalue weighted by atomic mass is 16.7. The smallest absolute Gasteiger partial charge is 0.0902 e. The predicted octanol–water partition coefficient (Wildman–Crippen LogP) is 3.18. The topological polar surface area (TPSA) is 32.7 Å².